The summed E-state index contributed by atoms with van der Waals surface area (Å²) in [5.41, 5.74) is 1.04. The molecule has 3 aliphatic heterocycles. The Labute approximate surface area is 225 Å². The molecule has 3 aromatic rings. The van der Waals surface area contributed by atoms with Gasteiger partial charge in [0.05, 0.1) is 29.8 Å². The minimum absolute atomic E-state index is 0.00961. The van der Waals surface area contributed by atoms with E-state index in [0.29, 0.717) is 12.6 Å². The van der Waals surface area contributed by atoms with E-state index >= 15 is 4.39 Å². The first-order valence-electron chi connectivity index (χ1n) is 12.8. The Kier molecular flexibility index (Phi) is 6.10. The van der Waals surface area contributed by atoms with Crippen LogP contribution >= 0.6 is 0 Å². The third-order valence-corrected chi connectivity index (χ3v) is 7.74. The van der Waals surface area contributed by atoms with Gasteiger partial charge in [-0.05, 0) is 38.3 Å². The molecule has 0 spiro atoms. The quantitative estimate of drug-likeness (QED) is 0.273. The van der Waals surface area contributed by atoms with Gasteiger partial charge in [-0.2, -0.15) is 28.4 Å². The van der Waals surface area contributed by atoms with E-state index in [1.54, 1.807) is 6.92 Å². The third-order valence-electron chi connectivity index (χ3n) is 7.74. The normalized spacial score (nSPS) is 23.4. The average molecular weight is 562 g/mol. The standard InChI is InChI=1S/C26H24F5N7O2/c1-10-17(26(29,30)31)13(8-14(33)18(10)27)20-19(28)21-16-23(37-25(36-21)39-7-3-6-32)38-9-12-4-5-15(34-12)22(38)11(2)40-24(16)35-20/h8,11-12,15,22,34H,3-5,7,9,33H2,1-2H3/t11-,12+,15-,22+/m0/s1. The second-order valence-corrected chi connectivity index (χ2v) is 10.2. The number of alkyl halides is 3. The summed E-state index contributed by atoms with van der Waals surface area (Å²) < 4.78 is 85.1. The van der Waals surface area contributed by atoms with E-state index < -0.39 is 52.0 Å². The number of nitriles is 1. The first-order valence-corrected chi connectivity index (χ1v) is 12.8. The number of nitrogens with zero attached hydrogens (tertiary/aromatic N) is 5. The highest BCUT2D eigenvalue weighted by Crippen LogP contribution is 2.47. The molecule has 2 saturated heterocycles. The lowest BCUT2D eigenvalue weighted by Gasteiger charge is -2.42. The predicted octanol–water partition coefficient (Wildman–Crippen LogP) is 4.26. The van der Waals surface area contributed by atoms with Crippen LogP contribution in [-0.2, 0) is 6.18 Å². The summed E-state index contributed by atoms with van der Waals surface area (Å²) in [5, 5.41) is 12.6. The van der Waals surface area contributed by atoms with Gasteiger partial charge in [0.1, 0.15) is 40.9 Å². The summed E-state index contributed by atoms with van der Waals surface area (Å²) in [6.45, 7) is 3.17. The number of pyridine rings is 1. The zero-order valence-electron chi connectivity index (χ0n) is 21.4. The molecule has 0 saturated carbocycles. The van der Waals surface area contributed by atoms with Gasteiger partial charge in [-0.3, -0.25) is 0 Å². The molecule has 1 aromatic carbocycles. The number of piperazine rings is 1. The number of halogens is 5. The lowest BCUT2D eigenvalue weighted by atomic mass is 9.96. The summed E-state index contributed by atoms with van der Waals surface area (Å²) in [4.78, 5) is 14.9. The summed E-state index contributed by atoms with van der Waals surface area (Å²) in [7, 11) is 0. The number of hydrogen-bond donors (Lipinski definition) is 2. The van der Waals surface area contributed by atoms with Crippen molar-refractivity contribution < 1.29 is 31.4 Å². The van der Waals surface area contributed by atoms with Crippen LogP contribution < -0.4 is 25.4 Å². The van der Waals surface area contributed by atoms with E-state index in [4.69, 9.17) is 20.5 Å². The molecule has 4 atom stereocenters. The molecular weight excluding hydrogens is 537 g/mol. The fourth-order valence-electron chi connectivity index (χ4n) is 6.09. The molecule has 0 unspecified atom stereocenters. The minimum atomic E-state index is -5.05. The number of ether oxygens (including phenoxy) is 2. The van der Waals surface area contributed by atoms with Gasteiger partial charge in [0, 0.05) is 24.2 Å². The van der Waals surface area contributed by atoms with Crippen molar-refractivity contribution in [1.82, 2.24) is 20.3 Å². The monoisotopic (exact) mass is 561 g/mol. The van der Waals surface area contributed by atoms with Crippen molar-refractivity contribution in [2.75, 3.05) is 23.8 Å². The first kappa shape index (κ1) is 26.2. The van der Waals surface area contributed by atoms with Crippen LogP contribution in [0, 0.1) is 29.9 Å². The van der Waals surface area contributed by atoms with Crippen molar-refractivity contribution in [3.63, 3.8) is 0 Å². The number of nitrogens with two attached hydrogens (primary N) is 1. The van der Waals surface area contributed by atoms with Crippen LogP contribution in [0.5, 0.6) is 11.9 Å². The summed E-state index contributed by atoms with van der Waals surface area (Å²) >= 11 is 0. The molecule has 0 radical (unpaired) electrons. The zero-order valence-corrected chi connectivity index (χ0v) is 21.4. The average Bonchev–Trinajstić information content (AvgIpc) is 3.22. The van der Waals surface area contributed by atoms with Crippen LogP contribution in [0.2, 0.25) is 0 Å². The molecule has 3 N–H and O–H groups in total. The third kappa shape index (κ3) is 4.02. The zero-order chi connectivity index (χ0) is 28.5. The van der Waals surface area contributed by atoms with Crippen molar-refractivity contribution in [2.24, 2.45) is 0 Å². The summed E-state index contributed by atoms with van der Waals surface area (Å²) in [6.07, 6.45) is -3.77. The Hall–Kier alpha value is -3.99. The number of nitrogens with one attached hydrogen (secondary N) is 1. The number of nitrogen functional groups attached to an aromatic ring is 1. The minimum Gasteiger partial charge on any atom is -0.472 e. The highest BCUT2D eigenvalue weighted by molar-refractivity contribution is 5.97. The maximum Gasteiger partial charge on any atom is 0.417 e. The maximum absolute atomic E-state index is 16.3. The van der Waals surface area contributed by atoms with E-state index in [9.17, 15) is 17.6 Å². The van der Waals surface area contributed by atoms with Gasteiger partial charge < -0.3 is 25.4 Å². The molecule has 2 aromatic heterocycles. The van der Waals surface area contributed by atoms with E-state index in [2.05, 4.69) is 20.3 Å². The molecule has 210 valence electrons. The van der Waals surface area contributed by atoms with Crippen molar-refractivity contribution in [2.45, 2.75) is 63.5 Å². The number of anilines is 2. The van der Waals surface area contributed by atoms with Crippen LogP contribution in [0.15, 0.2) is 6.07 Å². The Morgan fingerprint density at radius 3 is 2.73 bits per heavy atom. The van der Waals surface area contributed by atoms with E-state index in [1.807, 2.05) is 11.0 Å². The van der Waals surface area contributed by atoms with Gasteiger partial charge in [-0.15, -0.1) is 0 Å². The number of rotatable bonds is 4. The molecular formula is C26H24F5N7O2. The first-order chi connectivity index (χ1) is 19.0. The second-order valence-electron chi connectivity index (χ2n) is 10.2. The molecule has 14 heteroatoms. The Morgan fingerprint density at radius 2 is 2.00 bits per heavy atom. The molecule has 0 aliphatic carbocycles. The highest BCUT2D eigenvalue weighted by atomic mass is 19.4. The number of aromatic nitrogens is 3. The fourth-order valence-corrected chi connectivity index (χ4v) is 6.09. The maximum atomic E-state index is 16.3. The van der Waals surface area contributed by atoms with Crippen molar-refractivity contribution in [3.8, 4) is 29.2 Å². The smallest absolute Gasteiger partial charge is 0.417 e. The SMILES string of the molecule is Cc1c(F)c(N)cc(-c2nc3c4c(nc(OCCC#N)nc4c2F)N2C[C@H]4CC[C@H](N4)[C@H]2[C@H](C)O3)c1C(F)(F)F. The summed E-state index contributed by atoms with van der Waals surface area (Å²) in [6, 6.07) is 2.33. The van der Waals surface area contributed by atoms with Crippen molar-refractivity contribution >= 4 is 22.4 Å². The van der Waals surface area contributed by atoms with Gasteiger partial charge in [-0.25, -0.2) is 13.8 Å². The van der Waals surface area contributed by atoms with Crippen LogP contribution in [0.3, 0.4) is 0 Å². The van der Waals surface area contributed by atoms with E-state index in [0.717, 1.165) is 19.8 Å². The van der Waals surface area contributed by atoms with Gasteiger partial charge in [0.25, 0.3) is 0 Å². The Bertz CT molecular complexity index is 1570. The second kappa shape index (κ2) is 9.29. The van der Waals surface area contributed by atoms with Crippen LogP contribution in [0.4, 0.5) is 33.5 Å². The molecule has 2 bridgehead atoms. The molecule has 40 heavy (non-hydrogen) atoms. The van der Waals surface area contributed by atoms with Gasteiger partial charge in [-0.1, -0.05) is 0 Å². The predicted molar refractivity (Wildman–Crippen MR) is 134 cm³/mol. The number of benzene rings is 1. The largest absolute Gasteiger partial charge is 0.472 e. The summed E-state index contributed by atoms with van der Waals surface area (Å²) in [5.74, 6) is -2.33. The van der Waals surface area contributed by atoms with Crippen LogP contribution in [0.1, 0.15) is 37.3 Å². The van der Waals surface area contributed by atoms with Gasteiger partial charge >= 0.3 is 12.2 Å². The van der Waals surface area contributed by atoms with Crippen molar-refractivity contribution in [3.05, 3.63) is 28.8 Å². The highest BCUT2D eigenvalue weighted by Gasteiger charge is 2.47. The molecule has 3 aliphatic rings. The molecule has 5 heterocycles. The number of hydrogen-bond acceptors (Lipinski definition) is 9. The fraction of sp³-hybridized carbons (Fsp3) is 0.462. The Balaban J connectivity index is 1.64. The lowest BCUT2D eigenvalue weighted by molar-refractivity contribution is -0.137. The molecule has 2 fully saturated rings. The van der Waals surface area contributed by atoms with Crippen LogP contribution in [-0.4, -0.2) is 52.3 Å². The van der Waals surface area contributed by atoms with E-state index in [-0.39, 0.29) is 59.8 Å². The van der Waals surface area contributed by atoms with Gasteiger partial charge in [0.2, 0.25) is 5.88 Å². The molecule has 0 amide bonds. The lowest BCUT2D eigenvalue weighted by Crippen LogP contribution is -2.62. The van der Waals surface area contributed by atoms with E-state index in [1.165, 1.54) is 0 Å². The molecule has 6 rings (SSSR count). The Morgan fingerprint density at radius 1 is 1.23 bits per heavy atom. The van der Waals surface area contributed by atoms with Crippen LogP contribution in [0.25, 0.3) is 22.2 Å². The number of fused-ring (bicyclic) bond motifs is 5. The molecule has 9 nitrogen and oxygen atoms in total. The van der Waals surface area contributed by atoms with Crippen molar-refractivity contribution in [1.29, 1.82) is 5.26 Å². The topological polar surface area (TPSA) is 122 Å². The van der Waals surface area contributed by atoms with Gasteiger partial charge in [0.15, 0.2) is 5.82 Å².